The van der Waals surface area contributed by atoms with Crippen LogP contribution in [-0.4, -0.2) is 23.1 Å². The number of anilines is 1. The second-order valence-corrected chi connectivity index (χ2v) is 6.12. The number of rotatable bonds is 6. The molecule has 1 N–H and O–H groups in total. The molecule has 0 aliphatic heterocycles. The number of nitrogens with one attached hydrogen (secondary N) is 1. The molecule has 0 aliphatic rings. The molecule has 2 rings (SSSR count). The van der Waals surface area contributed by atoms with E-state index in [4.69, 9.17) is 0 Å². The predicted octanol–water partition coefficient (Wildman–Crippen LogP) is 2.98. The summed E-state index contributed by atoms with van der Waals surface area (Å²) in [6, 6.07) is 6.60. The lowest BCUT2D eigenvalue weighted by atomic mass is 10.3. The lowest BCUT2D eigenvalue weighted by Crippen LogP contribution is -2.22. The van der Waals surface area contributed by atoms with Crippen molar-refractivity contribution in [3.8, 4) is 0 Å². The second kappa shape index (κ2) is 6.81. The van der Waals surface area contributed by atoms with Gasteiger partial charge in [-0.3, -0.25) is 4.98 Å². The van der Waals surface area contributed by atoms with Gasteiger partial charge in [0, 0.05) is 30.7 Å². The summed E-state index contributed by atoms with van der Waals surface area (Å²) >= 11 is 1.68. The Balaban J connectivity index is 1.97. The number of pyridine rings is 1. The molecule has 0 atom stereocenters. The number of aromatic nitrogens is 2. The van der Waals surface area contributed by atoms with E-state index in [0.717, 1.165) is 35.3 Å². The Labute approximate surface area is 124 Å². The molecule has 0 unspecified atom stereocenters. The molecular weight excluding hydrogens is 268 g/mol. The monoisotopic (exact) mass is 290 g/mol. The number of hydrogen-bond acceptors (Lipinski definition) is 5. The van der Waals surface area contributed by atoms with Crippen molar-refractivity contribution in [3.63, 3.8) is 0 Å². The predicted molar refractivity (Wildman–Crippen MR) is 85.2 cm³/mol. The molecule has 0 aliphatic carbocycles. The zero-order valence-electron chi connectivity index (χ0n) is 12.6. The summed E-state index contributed by atoms with van der Waals surface area (Å²) in [6.07, 6.45) is 0. The van der Waals surface area contributed by atoms with Crippen LogP contribution in [0.2, 0.25) is 0 Å². The number of aryl methyl sites for hydroxylation is 1. The van der Waals surface area contributed by atoms with Crippen LogP contribution >= 0.6 is 11.3 Å². The van der Waals surface area contributed by atoms with Gasteiger partial charge in [-0.2, -0.15) is 0 Å². The van der Waals surface area contributed by atoms with Crippen molar-refractivity contribution in [3.05, 3.63) is 40.7 Å². The summed E-state index contributed by atoms with van der Waals surface area (Å²) in [5, 5.41) is 6.54. The molecule has 5 heteroatoms. The largest absolute Gasteiger partial charge is 0.345 e. The van der Waals surface area contributed by atoms with Crippen molar-refractivity contribution >= 4 is 16.5 Å². The molecule has 20 heavy (non-hydrogen) atoms. The van der Waals surface area contributed by atoms with Gasteiger partial charge in [0.15, 0.2) is 5.13 Å². The van der Waals surface area contributed by atoms with Crippen molar-refractivity contribution in [1.82, 2.24) is 15.3 Å². The quantitative estimate of drug-likeness (QED) is 0.888. The molecule has 0 saturated carbocycles. The first-order valence-corrected chi connectivity index (χ1v) is 7.74. The molecule has 108 valence electrons. The van der Waals surface area contributed by atoms with Crippen LogP contribution in [0.5, 0.6) is 0 Å². The van der Waals surface area contributed by atoms with Gasteiger partial charge in [0.05, 0.1) is 17.9 Å². The minimum Gasteiger partial charge on any atom is -0.345 e. The van der Waals surface area contributed by atoms with Crippen LogP contribution in [0.4, 0.5) is 5.13 Å². The van der Waals surface area contributed by atoms with Gasteiger partial charge >= 0.3 is 0 Å². The summed E-state index contributed by atoms with van der Waals surface area (Å²) in [5.41, 5.74) is 3.23. The first kappa shape index (κ1) is 14.9. The molecule has 0 spiro atoms. The van der Waals surface area contributed by atoms with Crippen LogP contribution < -0.4 is 10.2 Å². The van der Waals surface area contributed by atoms with Gasteiger partial charge in [-0.15, -0.1) is 11.3 Å². The SMILES string of the molecule is Cc1cccc(CN(C)c2nc(CNC(C)C)cs2)n1. The van der Waals surface area contributed by atoms with E-state index >= 15 is 0 Å². The van der Waals surface area contributed by atoms with Gasteiger partial charge in [-0.05, 0) is 19.1 Å². The number of hydrogen-bond donors (Lipinski definition) is 1. The maximum Gasteiger partial charge on any atom is 0.185 e. The van der Waals surface area contributed by atoms with Crippen molar-refractivity contribution in [2.45, 2.75) is 39.9 Å². The molecule has 4 nitrogen and oxygen atoms in total. The summed E-state index contributed by atoms with van der Waals surface area (Å²) < 4.78 is 0. The Morgan fingerprint density at radius 3 is 2.75 bits per heavy atom. The molecule has 0 bridgehead atoms. The maximum absolute atomic E-state index is 4.65. The number of thiazole rings is 1. The van der Waals surface area contributed by atoms with Crippen LogP contribution in [0.15, 0.2) is 23.6 Å². The average Bonchev–Trinajstić information content (AvgIpc) is 2.85. The van der Waals surface area contributed by atoms with Crippen molar-refractivity contribution in [1.29, 1.82) is 0 Å². The standard InChI is InChI=1S/C15H22N4S/c1-11(2)16-8-14-10-20-15(18-14)19(4)9-13-7-5-6-12(3)17-13/h5-7,10-11,16H,8-9H2,1-4H3. The summed E-state index contributed by atoms with van der Waals surface area (Å²) in [4.78, 5) is 11.3. The minimum atomic E-state index is 0.481. The maximum atomic E-state index is 4.65. The van der Waals surface area contributed by atoms with Gasteiger partial charge in [-0.1, -0.05) is 19.9 Å². The van der Waals surface area contributed by atoms with Crippen molar-refractivity contribution in [2.75, 3.05) is 11.9 Å². The van der Waals surface area contributed by atoms with E-state index in [9.17, 15) is 0 Å². The number of nitrogens with zero attached hydrogens (tertiary/aromatic N) is 3. The van der Waals surface area contributed by atoms with Gasteiger partial charge in [-0.25, -0.2) is 4.98 Å². The molecule has 0 fully saturated rings. The van der Waals surface area contributed by atoms with E-state index in [2.05, 4.69) is 52.5 Å². The van der Waals surface area contributed by atoms with Crippen molar-refractivity contribution in [2.24, 2.45) is 0 Å². The Hall–Kier alpha value is -1.46. The highest BCUT2D eigenvalue weighted by Crippen LogP contribution is 2.20. The van der Waals surface area contributed by atoms with E-state index < -0.39 is 0 Å². The molecule has 0 amide bonds. The Morgan fingerprint density at radius 2 is 2.05 bits per heavy atom. The third-order valence-electron chi connectivity index (χ3n) is 2.90. The van der Waals surface area contributed by atoms with Crippen LogP contribution in [0, 0.1) is 6.92 Å². The van der Waals surface area contributed by atoms with Gasteiger partial charge < -0.3 is 10.2 Å². The Morgan fingerprint density at radius 1 is 1.25 bits per heavy atom. The van der Waals surface area contributed by atoms with Gasteiger partial charge in [0.2, 0.25) is 0 Å². The van der Waals surface area contributed by atoms with E-state index in [1.54, 1.807) is 11.3 Å². The normalized spacial score (nSPS) is 11.1. The summed E-state index contributed by atoms with van der Waals surface area (Å²) in [7, 11) is 2.06. The zero-order chi connectivity index (χ0) is 14.5. The highest BCUT2D eigenvalue weighted by Gasteiger charge is 2.08. The van der Waals surface area contributed by atoms with E-state index in [0.29, 0.717) is 6.04 Å². The zero-order valence-corrected chi connectivity index (χ0v) is 13.4. The highest BCUT2D eigenvalue weighted by atomic mass is 32.1. The fourth-order valence-corrected chi connectivity index (χ4v) is 2.65. The molecule has 2 heterocycles. The molecule has 2 aromatic heterocycles. The first-order chi connectivity index (χ1) is 9.54. The topological polar surface area (TPSA) is 41.1 Å². The van der Waals surface area contributed by atoms with E-state index in [-0.39, 0.29) is 0 Å². The summed E-state index contributed by atoms with van der Waals surface area (Å²) in [6.45, 7) is 7.91. The van der Waals surface area contributed by atoms with Crippen LogP contribution in [0.3, 0.4) is 0 Å². The van der Waals surface area contributed by atoms with Crippen LogP contribution in [-0.2, 0) is 13.1 Å². The lowest BCUT2D eigenvalue weighted by molar-refractivity contribution is 0.583. The molecule has 0 saturated heterocycles. The van der Waals surface area contributed by atoms with Gasteiger partial charge in [0.25, 0.3) is 0 Å². The van der Waals surface area contributed by atoms with Crippen LogP contribution in [0.1, 0.15) is 30.9 Å². The molecule has 2 aromatic rings. The lowest BCUT2D eigenvalue weighted by Gasteiger charge is -2.15. The third-order valence-corrected chi connectivity index (χ3v) is 3.91. The Kier molecular flexibility index (Phi) is 5.09. The Bertz CT molecular complexity index is 550. The fraction of sp³-hybridized carbons (Fsp3) is 0.467. The highest BCUT2D eigenvalue weighted by molar-refractivity contribution is 7.13. The smallest absolute Gasteiger partial charge is 0.185 e. The van der Waals surface area contributed by atoms with E-state index in [1.165, 1.54) is 0 Å². The summed E-state index contributed by atoms with van der Waals surface area (Å²) in [5.74, 6) is 0. The van der Waals surface area contributed by atoms with Crippen LogP contribution in [0.25, 0.3) is 0 Å². The van der Waals surface area contributed by atoms with Crippen molar-refractivity contribution < 1.29 is 0 Å². The molecule has 0 radical (unpaired) electrons. The first-order valence-electron chi connectivity index (χ1n) is 6.86. The third kappa shape index (κ3) is 4.28. The van der Waals surface area contributed by atoms with Gasteiger partial charge in [0.1, 0.15) is 0 Å². The minimum absolute atomic E-state index is 0.481. The molecule has 0 aromatic carbocycles. The average molecular weight is 290 g/mol. The fourth-order valence-electron chi connectivity index (χ4n) is 1.86. The van der Waals surface area contributed by atoms with E-state index in [1.807, 2.05) is 19.1 Å². The molecular formula is C15H22N4S. The second-order valence-electron chi connectivity index (χ2n) is 5.28.